The summed E-state index contributed by atoms with van der Waals surface area (Å²) in [6.45, 7) is 8.48. The summed E-state index contributed by atoms with van der Waals surface area (Å²) in [6, 6.07) is 9.56. The molecule has 2 saturated carbocycles. The third-order valence-electron chi connectivity index (χ3n) is 7.84. The van der Waals surface area contributed by atoms with E-state index in [9.17, 15) is 0 Å². The van der Waals surface area contributed by atoms with Crippen molar-refractivity contribution in [1.29, 1.82) is 0 Å². The molecule has 28 heavy (non-hydrogen) atoms. The Morgan fingerprint density at radius 1 is 0.857 bits per heavy atom. The lowest BCUT2D eigenvalue weighted by atomic mass is 9.68. The predicted octanol–water partition coefficient (Wildman–Crippen LogP) is 8.86. The summed E-state index contributed by atoms with van der Waals surface area (Å²) in [5.74, 6) is 3.95. The van der Waals surface area contributed by atoms with Crippen molar-refractivity contribution in [2.75, 3.05) is 0 Å². The van der Waals surface area contributed by atoms with Gasteiger partial charge >= 0.3 is 0 Å². The van der Waals surface area contributed by atoms with Gasteiger partial charge in [0.2, 0.25) is 0 Å². The zero-order valence-electron chi connectivity index (χ0n) is 18.7. The zero-order chi connectivity index (χ0) is 19.8. The molecule has 0 heterocycles. The van der Waals surface area contributed by atoms with Gasteiger partial charge in [-0.3, -0.25) is 0 Å². The SMILES string of the molecule is C=C(C)CCc1ccc(C2CCC(C3CCC(CCCCC)CC3)CC2)cc1. The van der Waals surface area contributed by atoms with Gasteiger partial charge in [0.25, 0.3) is 0 Å². The molecule has 0 atom stereocenters. The van der Waals surface area contributed by atoms with E-state index in [0.29, 0.717) is 0 Å². The van der Waals surface area contributed by atoms with Crippen LogP contribution in [0.1, 0.15) is 114 Å². The highest BCUT2D eigenvalue weighted by Crippen LogP contribution is 2.44. The molecule has 2 aliphatic carbocycles. The number of benzene rings is 1. The van der Waals surface area contributed by atoms with Crippen LogP contribution in [-0.2, 0) is 6.42 Å². The summed E-state index contributed by atoms with van der Waals surface area (Å²) in [5.41, 5.74) is 4.35. The first-order valence-corrected chi connectivity index (χ1v) is 12.4. The molecule has 0 saturated heterocycles. The minimum atomic E-state index is 0.817. The first-order chi connectivity index (χ1) is 13.7. The second-order valence-electron chi connectivity index (χ2n) is 10.1. The molecule has 1 aromatic carbocycles. The third kappa shape index (κ3) is 6.50. The molecule has 0 spiro atoms. The summed E-state index contributed by atoms with van der Waals surface area (Å²) in [7, 11) is 0. The first kappa shape index (κ1) is 21.7. The molecular weight excluding hydrogens is 336 g/mol. The van der Waals surface area contributed by atoms with Crippen molar-refractivity contribution in [3.05, 3.63) is 47.5 Å². The highest BCUT2D eigenvalue weighted by molar-refractivity contribution is 5.26. The standard InChI is InChI=1S/C28H44/c1-4-5-6-7-23-10-14-25(15-11-23)27-18-20-28(21-19-27)26-16-12-24(13-17-26)9-8-22(2)3/h12-13,16-17,23,25,27-28H,2,4-11,14-15,18-21H2,1,3H3. The molecule has 0 nitrogen and oxygen atoms in total. The molecule has 156 valence electrons. The molecule has 0 radical (unpaired) electrons. The summed E-state index contributed by atoms with van der Waals surface area (Å²) < 4.78 is 0. The Kier molecular flexibility index (Phi) is 8.68. The van der Waals surface area contributed by atoms with Crippen molar-refractivity contribution in [2.45, 2.75) is 110 Å². The molecule has 0 N–H and O–H groups in total. The van der Waals surface area contributed by atoms with Crippen LogP contribution < -0.4 is 0 Å². The van der Waals surface area contributed by atoms with Crippen molar-refractivity contribution < 1.29 is 0 Å². The number of hydrogen-bond acceptors (Lipinski definition) is 0. The molecule has 0 bridgehead atoms. The van der Waals surface area contributed by atoms with E-state index >= 15 is 0 Å². The van der Waals surface area contributed by atoms with E-state index < -0.39 is 0 Å². The van der Waals surface area contributed by atoms with Gasteiger partial charge in [0.05, 0.1) is 0 Å². The smallest absolute Gasteiger partial charge is 0.0162 e. The summed E-state index contributed by atoms with van der Waals surface area (Å²) in [4.78, 5) is 0. The fourth-order valence-corrected chi connectivity index (χ4v) is 5.87. The highest BCUT2D eigenvalue weighted by atomic mass is 14.4. The summed E-state index contributed by atoms with van der Waals surface area (Å²) in [6.07, 6.45) is 20.0. The maximum Gasteiger partial charge on any atom is -0.0162 e. The van der Waals surface area contributed by atoms with E-state index in [2.05, 4.69) is 44.7 Å². The van der Waals surface area contributed by atoms with E-state index in [0.717, 1.165) is 36.5 Å². The molecule has 2 aliphatic rings. The van der Waals surface area contributed by atoms with Gasteiger partial charge in [-0.15, -0.1) is 6.58 Å². The van der Waals surface area contributed by atoms with Crippen LogP contribution in [0.25, 0.3) is 0 Å². The van der Waals surface area contributed by atoms with Gasteiger partial charge in [0.15, 0.2) is 0 Å². The number of unbranched alkanes of at least 4 members (excludes halogenated alkanes) is 2. The lowest BCUT2D eigenvalue weighted by Crippen LogP contribution is -2.25. The van der Waals surface area contributed by atoms with Gasteiger partial charge in [-0.25, -0.2) is 0 Å². The maximum atomic E-state index is 4.03. The molecule has 3 rings (SSSR count). The van der Waals surface area contributed by atoms with Crippen LogP contribution in [0.2, 0.25) is 0 Å². The minimum absolute atomic E-state index is 0.817. The fourth-order valence-electron chi connectivity index (χ4n) is 5.87. The molecule has 0 amide bonds. The molecule has 0 unspecified atom stereocenters. The quantitative estimate of drug-likeness (QED) is 0.296. The van der Waals surface area contributed by atoms with E-state index in [-0.39, 0.29) is 0 Å². The van der Waals surface area contributed by atoms with Crippen molar-refractivity contribution in [3.8, 4) is 0 Å². The van der Waals surface area contributed by atoms with Gasteiger partial charge in [0.1, 0.15) is 0 Å². The van der Waals surface area contributed by atoms with Crippen LogP contribution in [0.5, 0.6) is 0 Å². The van der Waals surface area contributed by atoms with E-state index in [1.165, 1.54) is 88.2 Å². The average molecular weight is 381 g/mol. The number of aryl methyl sites for hydroxylation is 1. The summed E-state index contributed by atoms with van der Waals surface area (Å²) >= 11 is 0. The van der Waals surface area contributed by atoms with Gasteiger partial charge in [-0.2, -0.15) is 0 Å². The van der Waals surface area contributed by atoms with Crippen LogP contribution in [0.3, 0.4) is 0 Å². The highest BCUT2D eigenvalue weighted by Gasteiger charge is 2.31. The van der Waals surface area contributed by atoms with Crippen molar-refractivity contribution >= 4 is 0 Å². The van der Waals surface area contributed by atoms with Crippen LogP contribution >= 0.6 is 0 Å². The molecule has 0 aliphatic heterocycles. The zero-order valence-corrected chi connectivity index (χ0v) is 18.7. The van der Waals surface area contributed by atoms with Gasteiger partial charge < -0.3 is 0 Å². The lowest BCUT2D eigenvalue weighted by Gasteiger charge is -2.38. The van der Waals surface area contributed by atoms with Crippen LogP contribution in [0, 0.1) is 17.8 Å². The van der Waals surface area contributed by atoms with E-state index in [1.807, 2.05) is 0 Å². The van der Waals surface area contributed by atoms with Crippen molar-refractivity contribution in [1.82, 2.24) is 0 Å². The first-order valence-electron chi connectivity index (χ1n) is 12.4. The van der Waals surface area contributed by atoms with Crippen LogP contribution in [-0.4, -0.2) is 0 Å². The second kappa shape index (κ2) is 11.2. The van der Waals surface area contributed by atoms with Crippen LogP contribution in [0.4, 0.5) is 0 Å². The topological polar surface area (TPSA) is 0 Å². The fraction of sp³-hybridized carbons (Fsp3) is 0.714. The van der Waals surface area contributed by atoms with Gasteiger partial charge in [-0.1, -0.05) is 75.3 Å². The van der Waals surface area contributed by atoms with Crippen LogP contribution in [0.15, 0.2) is 36.4 Å². The third-order valence-corrected chi connectivity index (χ3v) is 7.84. The number of allylic oxidation sites excluding steroid dienone is 1. The van der Waals surface area contributed by atoms with Gasteiger partial charge in [-0.05, 0) is 93.1 Å². The average Bonchev–Trinajstić information content (AvgIpc) is 2.73. The lowest BCUT2D eigenvalue weighted by molar-refractivity contribution is 0.155. The van der Waals surface area contributed by atoms with E-state index in [1.54, 1.807) is 5.56 Å². The molecule has 2 fully saturated rings. The van der Waals surface area contributed by atoms with Crippen molar-refractivity contribution in [2.24, 2.45) is 17.8 Å². The number of hydrogen-bond donors (Lipinski definition) is 0. The number of rotatable bonds is 9. The molecule has 0 aromatic heterocycles. The molecular formula is C28H44. The van der Waals surface area contributed by atoms with Gasteiger partial charge in [0, 0.05) is 0 Å². The Balaban J connectivity index is 1.39. The van der Waals surface area contributed by atoms with E-state index in [4.69, 9.17) is 0 Å². The molecule has 1 aromatic rings. The minimum Gasteiger partial charge on any atom is -0.100 e. The Hall–Kier alpha value is -1.04. The second-order valence-corrected chi connectivity index (χ2v) is 10.1. The molecule has 0 heteroatoms. The Bertz CT molecular complexity index is 565. The Morgan fingerprint density at radius 2 is 1.46 bits per heavy atom. The Morgan fingerprint density at radius 3 is 2.04 bits per heavy atom. The summed E-state index contributed by atoms with van der Waals surface area (Å²) in [5, 5.41) is 0. The Labute approximate surface area is 175 Å². The largest absolute Gasteiger partial charge is 0.100 e. The monoisotopic (exact) mass is 380 g/mol. The van der Waals surface area contributed by atoms with Crippen molar-refractivity contribution in [3.63, 3.8) is 0 Å². The maximum absolute atomic E-state index is 4.03. The predicted molar refractivity (Wildman–Crippen MR) is 124 cm³/mol. The normalized spacial score (nSPS) is 28.2.